The quantitative estimate of drug-likeness (QED) is 0.328. The van der Waals surface area contributed by atoms with Crippen molar-refractivity contribution in [2.45, 2.75) is 19.7 Å². The van der Waals surface area contributed by atoms with E-state index in [0.29, 0.717) is 0 Å². The molecule has 10 heteroatoms. The molecule has 0 amide bonds. The number of ether oxygens (including phenoxy) is 2. The summed E-state index contributed by atoms with van der Waals surface area (Å²) in [4.78, 5) is 14.8. The van der Waals surface area contributed by atoms with Crippen molar-refractivity contribution in [1.82, 2.24) is 4.98 Å². The van der Waals surface area contributed by atoms with Gasteiger partial charge in [0.2, 0.25) is 5.88 Å². The summed E-state index contributed by atoms with van der Waals surface area (Å²) in [6, 6.07) is 0.906. The van der Waals surface area contributed by atoms with Crippen LogP contribution in [0.1, 0.15) is 29.3 Å². The number of hydrogen-bond donors (Lipinski definition) is 0. The smallest absolute Gasteiger partial charge is 0.462 e. The molecule has 0 unspecified atom stereocenters. The molecule has 112 valence electrons. The van der Waals surface area contributed by atoms with Gasteiger partial charge in [-0.25, -0.2) is 18.6 Å². The average Bonchev–Trinajstić information content (AvgIpc) is 2.25. The summed E-state index contributed by atoms with van der Waals surface area (Å²) in [5.74, 6) is -2.53. The predicted molar refractivity (Wildman–Crippen MR) is 64.6 cm³/mol. The molecule has 0 aliphatic heterocycles. The van der Waals surface area contributed by atoms with Crippen LogP contribution in [0, 0.1) is 3.70 Å². The van der Waals surface area contributed by atoms with Crippen LogP contribution in [0.3, 0.4) is 0 Å². The van der Waals surface area contributed by atoms with Gasteiger partial charge in [-0.05, 0) is 35.6 Å². The second-order valence-corrected chi connectivity index (χ2v) is 4.39. The molecule has 1 heterocycles. The summed E-state index contributed by atoms with van der Waals surface area (Å²) in [6.07, 6.45) is -8.58. The Morgan fingerprint density at radius 2 is 2.05 bits per heavy atom. The standard InChI is InChI=1S/C10H7F5INO3/c1-2-19-9(18)4-3-5(16)17-8(6(4)7(11)12)20-10(13,14)15/h3,7H,2H2,1H3. The Morgan fingerprint density at radius 3 is 2.50 bits per heavy atom. The van der Waals surface area contributed by atoms with Crippen LogP contribution < -0.4 is 4.74 Å². The Balaban J connectivity index is 3.40. The van der Waals surface area contributed by atoms with Gasteiger partial charge in [0.15, 0.2) is 0 Å². The van der Waals surface area contributed by atoms with E-state index >= 15 is 0 Å². The van der Waals surface area contributed by atoms with Crippen molar-refractivity contribution >= 4 is 28.6 Å². The van der Waals surface area contributed by atoms with Crippen molar-refractivity contribution in [3.05, 3.63) is 20.9 Å². The summed E-state index contributed by atoms with van der Waals surface area (Å²) < 4.78 is 70.2. The minimum atomic E-state index is -5.20. The number of halogens is 6. The second kappa shape index (κ2) is 6.50. The van der Waals surface area contributed by atoms with Crippen molar-refractivity contribution in [1.29, 1.82) is 0 Å². The monoisotopic (exact) mass is 411 g/mol. The van der Waals surface area contributed by atoms with E-state index in [9.17, 15) is 26.7 Å². The van der Waals surface area contributed by atoms with Crippen molar-refractivity contribution in [3.8, 4) is 5.88 Å². The fraction of sp³-hybridized carbons (Fsp3) is 0.400. The van der Waals surface area contributed by atoms with Crippen molar-refractivity contribution in [2.24, 2.45) is 0 Å². The van der Waals surface area contributed by atoms with E-state index in [2.05, 4.69) is 14.5 Å². The highest BCUT2D eigenvalue weighted by atomic mass is 127. The molecule has 1 aromatic heterocycles. The van der Waals surface area contributed by atoms with Crippen molar-refractivity contribution in [3.63, 3.8) is 0 Å². The zero-order valence-corrected chi connectivity index (χ0v) is 12.0. The minimum Gasteiger partial charge on any atom is -0.462 e. The third kappa shape index (κ3) is 4.42. The maximum absolute atomic E-state index is 12.9. The molecular formula is C10H7F5INO3. The largest absolute Gasteiger partial charge is 0.574 e. The van der Waals surface area contributed by atoms with E-state index < -0.39 is 35.8 Å². The van der Waals surface area contributed by atoms with Crippen molar-refractivity contribution in [2.75, 3.05) is 6.61 Å². The lowest BCUT2D eigenvalue weighted by molar-refractivity contribution is -0.276. The number of nitrogens with zero attached hydrogens (tertiary/aromatic N) is 1. The molecule has 4 nitrogen and oxygen atoms in total. The van der Waals surface area contributed by atoms with Gasteiger partial charge in [-0.3, -0.25) is 0 Å². The Morgan fingerprint density at radius 1 is 1.45 bits per heavy atom. The van der Waals surface area contributed by atoms with Gasteiger partial charge in [-0.15, -0.1) is 13.2 Å². The first kappa shape index (κ1) is 16.9. The highest BCUT2D eigenvalue weighted by Crippen LogP contribution is 2.35. The van der Waals surface area contributed by atoms with Gasteiger partial charge in [0.05, 0.1) is 17.7 Å². The van der Waals surface area contributed by atoms with Crippen LogP contribution in [-0.2, 0) is 4.74 Å². The lowest BCUT2D eigenvalue weighted by Crippen LogP contribution is -2.21. The van der Waals surface area contributed by atoms with Gasteiger partial charge in [-0.1, -0.05) is 0 Å². The summed E-state index contributed by atoms with van der Waals surface area (Å²) in [5.41, 5.74) is -1.96. The van der Waals surface area contributed by atoms with Crippen LogP contribution in [0.5, 0.6) is 5.88 Å². The van der Waals surface area contributed by atoms with Crippen LogP contribution in [0.4, 0.5) is 22.0 Å². The molecule has 0 saturated heterocycles. The fourth-order valence-corrected chi connectivity index (χ4v) is 1.81. The Hall–Kier alpha value is -1.20. The summed E-state index contributed by atoms with van der Waals surface area (Å²) in [7, 11) is 0. The highest BCUT2D eigenvalue weighted by molar-refractivity contribution is 14.1. The zero-order valence-electron chi connectivity index (χ0n) is 9.80. The lowest BCUT2D eigenvalue weighted by atomic mass is 10.1. The number of alkyl halides is 5. The first-order valence-electron chi connectivity index (χ1n) is 5.07. The summed E-state index contributed by atoms with van der Waals surface area (Å²) >= 11 is 1.47. The van der Waals surface area contributed by atoms with Gasteiger partial charge in [0.1, 0.15) is 3.70 Å². The number of carbonyl (C=O) groups is 1. The molecule has 0 atom stereocenters. The minimum absolute atomic E-state index is 0.115. The number of rotatable bonds is 4. The SMILES string of the molecule is CCOC(=O)c1cc(I)nc(OC(F)(F)F)c1C(F)F. The summed E-state index contributed by atoms with van der Waals surface area (Å²) in [5, 5.41) is 0. The molecule has 0 saturated carbocycles. The third-order valence-corrected chi connectivity index (χ3v) is 2.47. The Kier molecular flexibility index (Phi) is 5.48. The molecule has 0 radical (unpaired) electrons. The first-order valence-corrected chi connectivity index (χ1v) is 6.15. The number of aromatic nitrogens is 1. The molecule has 0 bridgehead atoms. The van der Waals surface area contributed by atoms with Crippen LogP contribution in [0.15, 0.2) is 6.07 Å². The fourth-order valence-electron chi connectivity index (χ4n) is 1.28. The van der Waals surface area contributed by atoms with E-state index in [1.165, 1.54) is 29.5 Å². The first-order chi connectivity index (χ1) is 9.15. The number of carbonyl (C=O) groups excluding carboxylic acids is 1. The normalized spacial score (nSPS) is 11.6. The van der Waals surface area contributed by atoms with Gasteiger partial charge < -0.3 is 9.47 Å². The number of hydrogen-bond acceptors (Lipinski definition) is 4. The van der Waals surface area contributed by atoms with E-state index in [-0.39, 0.29) is 10.3 Å². The highest BCUT2D eigenvalue weighted by Gasteiger charge is 2.36. The molecule has 0 fully saturated rings. The Bertz CT molecular complexity index is 506. The van der Waals surface area contributed by atoms with Gasteiger partial charge in [0.25, 0.3) is 6.43 Å². The van der Waals surface area contributed by atoms with Crippen LogP contribution in [0.25, 0.3) is 0 Å². The molecule has 1 aromatic rings. The van der Waals surface area contributed by atoms with E-state index in [1.54, 1.807) is 0 Å². The zero-order chi connectivity index (χ0) is 15.5. The van der Waals surface area contributed by atoms with Gasteiger partial charge in [0, 0.05) is 0 Å². The van der Waals surface area contributed by atoms with Gasteiger partial charge >= 0.3 is 12.3 Å². The van der Waals surface area contributed by atoms with Crippen LogP contribution >= 0.6 is 22.6 Å². The number of pyridine rings is 1. The molecule has 0 aromatic carbocycles. The second-order valence-electron chi connectivity index (χ2n) is 3.28. The van der Waals surface area contributed by atoms with E-state index in [4.69, 9.17) is 0 Å². The topological polar surface area (TPSA) is 48.4 Å². The average molecular weight is 411 g/mol. The van der Waals surface area contributed by atoms with E-state index in [1.807, 2.05) is 0 Å². The lowest BCUT2D eigenvalue weighted by Gasteiger charge is -2.15. The maximum atomic E-state index is 12.9. The molecule has 20 heavy (non-hydrogen) atoms. The predicted octanol–water partition coefficient (Wildman–Crippen LogP) is 3.70. The molecule has 0 aliphatic carbocycles. The summed E-state index contributed by atoms with van der Waals surface area (Å²) in [6.45, 7) is 1.31. The van der Waals surface area contributed by atoms with Crippen molar-refractivity contribution < 1.29 is 36.2 Å². The van der Waals surface area contributed by atoms with Crippen LogP contribution in [0.2, 0.25) is 0 Å². The third-order valence-electron chi connectivity index (χ3n) is 1.92. The molecule has 1 rings (SSSR count). The molecule has 0 N–H and O–H groups in total. The maximum Gasteiger partial charge on any atom is 0.574 e. The van der Waals surface area contributed by atoms with Crippen LogP contribution in [-0.4, -0.2) is 23.9 Å². The van der Waals surface area contributed by atoms with Gasteiger partial charge in [-0.2, -0.15) is 0 Å². The molecule has 0 aliphatic rings. The Labute approximate surface area is 123 Å². The number of esters is 1. The molecule has 0 spiro atoms. The van der Waals surface area contributed by atoms with E-state index in [0.717, 1.165) is 6.07 Å². The molecular weight excluding hydrogens is 404 g/mol.